The van der Waals surface area contributed by atoms with Crippen LogP contribution in [0.15, 0.2) is 73.4 Å². The maximum Gasteiger partial charge on any atom is 0.416 e. The summed E-state index contributed by atoms with van der Waals surface area (Å²) in [5.41, 5.74) is -0.771. The van der Waals surface area contributed by atoms with Gasteiger partial charge in [-0.3, -0.25) is 4.79 Å². The van der Waals surface area contributed by atoms with Gasteiger partial charge in [0.2, 0.25) is 0 Å². The number of para-hydroxylation sites is 1. The molecule has 0 unspecified atom stereocenters. The van der Waals surface area contributed by atoms with Crippen LogP contribution in [0, 0.1) is 0 Å². The Morgan fingerprint density at radius 3 is 2.55 bits per heavy atom. The van der Waals surface area contributed by atoms with E-state index in [1.165, 1.54) is 31.3 Å². The summed E-state index contributed by atoms with van der Waals surface area (Å²) in [6.07, 6.45) is -4.48. The molecule has 4 aromatic rings. The molecule has 40 heavy (non-hydrogen) atoms. The third kappa shape index (κ3) is 6.04. The van der Waals surface area contributed by atoms with Crippen molar-refractivity contribution in [3.05, 3.63) is 85.0 Å². The number of halogens is 5. The number of carboxylic acids is 1. The van der Waals surface area contributed by atoms with Gasteiger partial charge in [-0.05, 0) is 76.0 Å². The maximum atomic E-state index is 13.5. The molecule has 1 aromatic heterocycles. The fraction of sp³-hybridized carbons (Fsp3) is 0.185. The van der Waals surface area contributed by atoms with E-state index in [0.29, 0.717) is 20.0 Å². The second kappa shape index (κ2) is 11.8. The second-order valence-corrected chi connectivity index (χ2v) is 9.93. The van der Waals surface area contributed by atoms with Crippen LogP contribution in [0.4, 0.5) is 13.2 Å². The average molecular weight is 683 g/mol. The lowest BCUT2D eigenvalue weighted by Gasteiger charge is -2.18. The molecule has 1 atom stereocenters. The third-order valence-corrected chi connectivity index (χ3v) is 7.76. The highest BCUT2D eigenvalue weighted by Gasteiger charge is 2.31. The lowest BCUT2D eigenvalue weighted by molar-refractivity contribution is -0.144. The number of rotatable bonds is 8. The Bertz CT molecular complexity index is 1690. The van der Waals surface area contributed by atoms with E-state index in [-0.39, 0.29) is 34.9 Å². The van der Waals surface area contributed by atoms with E-state index in [4.69, 9.17) is 9.47 Å². The number of hydrogen-bond acceptors (Lipinski definition) is 6. The number of aromatic nitrogens is 2. The number of alkyl halides is 3. The van der Waals surface area contributed by atoms with Gasteiger partial charge in [-0.1, -0.05) is 24.3 Å². The van der Waals surface area contributed by atoms with Crippen LogP contribution in [0.1, 0.15) is 25.0 Å². The Kier molecular flexibility index (Phi) is 8.64. The van der Waals surface area contributed by atoms with Crippen molar-refractivity contribution >= 4 is 54.9 Å². The topological polar surface area (TPSA) is 103 Å². The van der Waals surface area contributed by atoms with E-state index in [1.54, 1.807) is 31.2 Å². The van der Waals surface area contributed by atoms with Gasteiger partial charge in [0.15, 0.2) is 23.4 Å². The van der Waals surface area contributed by atoms with Crippen LogP contribution in [-0.2, 0) is 11.0 Å². The van der Waals surface area contributed by atoms with Crippen molar-refractivity contribution in [3.63, 3.8) is 0 Å². The van der Waals surface area contributed by atoms with Crippen molar-refractivity contribution in [3.8, 4) is 22.9 Å². The first-order valence-corrected chi connectivity index (χ1v) is 13.3. The molecule has 4 rings (SSSR count). The highest BCUT2D eigenvalue weighted by molar-refractivity contribution is 9.13. The summed E-state index contributed by atoms with van der Waals surface area (Å²) in [5, 5.41) is 13.8. The van der Waals surface area contributed by atoms with Gasteiger partial charge in [0.25, 0.3) is 5.56 Å². The van der Waals surface area contributed by atoms with E-state index in [2.05, 4.69) is 41.9 Å². The number of carbonyl (C=O) groups is 1. The first-order chi connectivity index (χ1) is 18.9. The van der Waals surface area contributed by atoms with Crippen LogP contribution in [0.3, 0.4) is 0 Å². The molecule has 0 aliphatic carbocycles. The molecule has 0 spiro atoms. The summed E-state index contributed by atoms with van der Waals surface area (Å²) in [4.78, 5) is 29.2. The Hall–Kier alpha value is -3.71. The van der Waals surface area contributed by atoms with Crippen LogP contribution in [0.25, 0.3) is 22.3 Å². The number of nitrogens with zero attached hydrogens (tertiary/aromatic N) is 3. The highest BCUT2D eigenvalue weighted by Crippen LogP contribution is 2.43. The molecule has 0 aliphatic heterocycles. The van der Waals surface area contributed by atoms with Crippen molar-refractivity contribution in [2.75, 3.05) is 6.61 Å². The van der Waals surface area contributed by atoms with Crippen molar-refractivity contribution < 1.29 is 32.5 Å². The Morgan fingerprint density at radius 2 is 1.88 bits per heavy atom. The van der Waals surface area contributed by atoms with Crippen molar-refractivity contribution in [1.82, 2.24) is 9.66 Å². The molecule has 0 radical (unpaired) electrons. The predicted octanol–water partition coefficient (Wildman–Crippen LogP) is 6.74. The average Bonchev–Trinajstić information content (AvgIpc) is 2.92. The summed E-state index contributed by atoms with van der Waals surface area (Å²) in [6.45, 7) is 3.33. The molecule has 0 aliphatic rings. The van der Waals surface area contributed by atoms with E-state index in [1.807, 2.05) is 0 Å². The molecule has 0 amide bonds. The lowest BCUT2D eigenvalue weighted by Crippen LogP contribution is -2.23. The minimum Gasteiger partial charge on any atom is -0.490 e. The van der Waals surface area contributed by atoms with Gasteiger partial charge in [-0.15, -0.1) is 0 Å². The van der Waals surface area contributed by atoms with Crippen LogP contribution in [-0.4, -0.2) is 39.7 Å². The quantitative estimate of drug-likeness (QED) is 0.207. The second-order valence-electron chi connectivity index (χ2n) is 8.34. The van der Waals surface area contributed by atoms with Gasteiger partial charge < -0.3 is 14.6 Å². The monoisotopic (exact) mass is 681 g/mol. The molecule has 1 heterocycles. The molecule has 1 N–H and O–H groups in total. The van der Waals surface area contributed by atoms with Gasteiger partial charge in [0, 0.05) is 15.6 Å². The fourth-order valence-electron chi connectivity index (χ4n) is 3.67. The van der Waals surface area contributed by atoms with Crippen LogP contribution < -0.4 is 15.0 Å². The summed E-state index contributed by atoms with van der Waals surface area (Å²) in [5.74, 6) is -0.938. The SMILES string of the molecule is CCOc1cc(C=Nn2c(-c3cccc(C(F)(F)F)c3)nc3ccccc3c2=O)c(Br)c(Br)c1O[C@H](C)C(=O)O. The third-order valence-electron chi connectivity index (χ3n) is 5.61. The van der Waals surface area contributed by atoms with Crippen molar-refractivity contribution in [1.29, 1.82) is 0 Å². The van der Waals surface area contributed by atoms with E-state index >= 15 is 0 Å². The molecule has 13 heteroatoms. The van der Waals surface area contributed by atoms with E-state index in [9.17, 15) is 27.9 Å². The zero-order chi connectivity index (χ0) is 29.2. The van der Waals surface area contributed by atoms with Crippen LogP contribution >= 0.6 is 31.9 Å². The van der Waals surface area contributed by atoms with Crippen LogP contribution in [0.5, 0.6) is 11.5 Å². The first kappa shape index (κ1) is 29.3. The molecule has 208 valence electrons. The smallest absolute Gasteiger partial charge is 0.416 e. The fourth-order valence-corrected chi connectivity index (χ4v) is 4.59. The van der Waals surface area contributed by atoms with Crippen LogP contribution in [0.2, 0.25) is 0 Å². The predicted molar refractivity (Wildman–Crippen MR) is 150 cm³/mol. The number of fused-ring (bicyclic) bond motifs is 1. The minimum absolute atomic E-state index is 0.0384. The van der Waals surface area contributed by atoms with Crippen molar-refractivity contribution in [2.45, 2.75) is 26.1 Å². The molecule has 8 nitrogen and oxygen atoms in total. The maximum absolute atomic E-state index is 13.5. The molecular formula is C27H20Br2F3N3O5. The Labute approximate surface area is 242 Å². The normalized spacial score (nSPS) is 12.6. The summed E-state index contributed by atoms with van der Waals surface area (Å²) < 4.78 is 53.2. The van der Waals surface area contributed by atoms with Gasteiger partial charge >= 0.3 is 12.1 Å². The Balaban J connectivity index is 1.90. The first-order valence-electron chi connectivity index (χ1n) is 11.7. The molecule has 0 saturated carbocycles. The largest absolute Gasteiger partial charge is 0.490 e. The number of hydrogen-bond donors (Lipinski definition) is 1. The molecule has 0 saturated heterocycles. The van der Waals surface area contributed by atoms with E-state index < -0.39 is 29.4 Å². The van der Waals surface area contributed by atoms with Gasteiger partial charge in [-0.2, -0.15) is 22.9 Å². The number of benzene rings is 3. The number of aliphatic carboxylic acids is 1. The van der Waals surface area contributed by atoms with E-state index in [0.717, 1.165) is 16.8 Å². The van der Waals surface area contributed by atoms with Crippen molar-refractivity contribution in [2.24, 2.45) is 5.10 Å². The van der Waals surface area contributed by atoms with Gasteiger partial charge in [-0.25, -0.2) is 9.78 Å². The molecule has 0 fully saturated rings. The molecule has 0 bridgehead atoms. The molecule has 3 aromatic carbocycles. The summed E-state index contributed by atoms with van der Waals surface area (Å²) in [6, 6.07) is 12.4. The standard InChI is InChI=1S/C27H20Br2F3N3O5/c1-3-39-20-12-16(21(28)22(29)23(20)40-14(2)26(37)38)13-33-35-24(15-7-6-8-17(11-15)27(30,31)32)34-19-10-5-4-9-18(19)25(35)36/h4-14H,3H2,1-2H3,(H,37,38)/t14-/m1/s1. The number of carboxylic acid groups (broad SMARTS) is 1. The summed E-state index contributed by atoms with van der Waals surface area (Å²) in [7, 11) is 0. The zero-order valence-corrected chi connectivity index (χ0v) is 24.0. The minimum atomic E-state index is -4.60. The zero-order valence-electron chi connectivity index (χ0n) is 20.9. The highest BCUT2D eigenvalue weighted by atomic mass is 79.9. The van der Waals surface area contributed by atoms with Gasteiger partial charge in [0.05, 0.1) is 33.8 Å². The molecular weight excluding hydrogens is 663 g/mol. The lowest BCUT2D eigenvalue weighted by atomic mass is 10.1. The number of ether oxygens (including phenoxy) is 2. The summed E-state index contributed by atoms with van der Waals surface area (Å²) >= 11 is 6.81. The Morgan fingerprint density at radius 1 is 1.15 bits per heavy atom. The van der Waals surface area contributed by atoms with Gasteiger partial charge in [0.1, 0.15) is 0 Å².